The monoisotopic (exact) mass is 302 g/mol. The lowest BCUT2D eigenvalue weighted by molar-refractivity contribution is 0.102. The van der Waals surface area contributed by atoms with Gasteiger partial charge in [0.2, 0.25) is 0 Å². The molecule has 0 aliphatic heterocycles. The second-order valence-electron chi connectivity index (χ2n) is 3.35. The Hall–Kier alpha value is -2.26. The van der Waals surface area contributed by atoms with Gasteiger partial charge in [-0.15, -0.1) is 0 Å². The van der Waals surface area contributed by atoms with Crippen molar-refractivity contribution in [1.82, 2.24) is 9.97 Å². The molecule has 0 atom stereocenters. The number of hydrogen-bond donors (Lipinski definition) is 1. The van der Waals surface area contributed by atoms with Gasteiger partial charge in [0.15, 0.2) is 0 Å². The number of nitrogens with one attached hydrogen (secondary N) is 1. The molecular formula is C12H7BrN4O. The summed E-state index contributed by atoms with van der Waals surface area (Å²) in [6.45, 7) is 0. The molecule has 0 spiro atoms. The Morgan fingerprint density at radius 2 is 2.22 bits per heavy atom. The van der Waals surface area contributed by atoms with E-state index in [9.17, 15) is 4.79 Å². The summed E-state index contributed by atoms with van der Waals surface area (Å²) in [5.74, 6) is -0.405. The number of anilines is 1. The van der Waals surface area contributed by atoms with Gasteiger partial charge < -0.3 is 5.32 Å². The third kappa shape index (κ3) is 2.70. The van der Waals surface area contributed by atoms with Gasteiger partial charge in [-0.05, 0) is 18.2 Å². The Morgan fingerprint density at radius 3 is 2.89 bits per heavy atom. The van der Waals surface area contributed by atoms with Crippen LogP contribution in [-0.4, -0.2) is 15.9 Å². The highest BCUT2D eigenvalue weighted by molar-refractivity contribution is 9.10. The molecule has 0 aliphatic rings. The molecule has 0 bridgehead atoms. The number of halogens is 1. The average Bonchev–Trinajstić information content (AvgIpc) is 2.40. The van der Waals surface area contributed by atoms with Crippen LogP contribution in [0.1, 0.15) is 16.1 Å². The number of hydrogen-bond acceptors (Lipinski definition) is 4. The first-order valence-electron chi connectivity index (χ1n) is 4.97. The number of aromatic nitrogens is 2. The minimum Gasteiger partial charge on any atom is -0.319 e. The first-order valence-corrected chi connectivity index (χ1v) is 5.77. The predicted molar refractivity (Wildman–Crippen MR) is 68.8 cm³/mol. The molecule has 1 aromatic heterocycles. The second-order valence-corrected chi connectivity index (χ2v) is 4.26. The highest BCUT2D eigenvalue weighted by atomic mass is 79.9. The van der Waals surface area contributed by atoms with Gasteiger partial charge >= 0.3 is 0 Å². The van der Waals surface area contributed by atoms with Crippen molar-refractivity contribution in [2.24, 2.45) is 0 Å². The molecule has 0 aliphatic carbocycles. The zero-order valence-electron chi connectivity index (χ0n) is 9.09. The number of nitrogens with zero attached hydrogens (tertiary/aromatic N) is 3. The molecule has 0 fully saturated rings. The highest BCUT2D eigenvalue weighted by Gasteiger charge is 2.10. The molecule has 1 aromatic carbocycles. The number of carbonyl (C=O) groups excluding carboxylic acids is 1. The SMILES string of the molecule is N#Cc1ccc(Br)cc1NC(=O)c1cnccn1. The predicted octanol–water partition coefficient (Wildman–Crippen LogP) is 2.36. The van der Waals surface area contributed by atoms with Crippen LogP contribution in [0.3, 0.4) is 0 Å². The molecule has 1 N–H and O–H groups in total. The fourth-order valence-electron chi connectivity index (χ4n) is 1.32. The van der Waals surface area contributed by atoms with E-state index < -0.39 is 5.91 Å². The van der Waals surface area contributed by atoms with E-state index in [0.717, 1.165) is 4.47 Å². The summed E-state index contributed by atoms with van der Waals surface area (Å²) in [4.78, 5) is 19.5. The van der Waals surface area contributed by atoms with Gasteiger partial charge in [0.1, 0.15) is 11.8 Å². The lowest BCUT2D eigenvalue weighted by Crippen LogP contribution is -2.14. The molecule has 88 valence electrons. The Kier molecular flexibility index (Phi) is 3.65. The zero-order chi connectivity index (χ0) is 13.0. The van der Waals surface area contributed by atoms with Gasteiger partial charge in [-0.25, -0.2) is 4.98 Å². The maximum atomic E-state index is 11.9. The Bertz CT molecular complexity index is 622. The highest BCUT2D eigenvalue weighted by Crippen LogP contribution is 2.21. The fourth-order valence-corrected chi connectivity index (χ4v) is 1.68. The summed E-state index contributed by atoms with van der Waals surface area (Å²) >= 11 is 3.28. The van der Waals surface area contributed by atoms with Crippen LogP contribution in [0.4, 0.5) is 5.69 Å². The van der Waals surface area contributed by atoms with Crippen molar-refractivity contribution in [3.63, 3.8) is 0 Å². The standard InChI is InChI=1S/C12H7BrN4O/c13-9-2-1-8(6-14)10(5-9)17-12(18)11-7-15-3-4-16-11/h1-5,7H,(H,17,18). The number of carbonyl (C=O) groups is 1. The van der Waals surface area contributed by atoms with E-state index in [4.69, 9.17) is 5.26 Å². The van der Waals surface area contributed by atoms with Crippen molar-refractivity contribution < 1.29 is 4.79 Å². The lowest BCUT2D eigenvalue weighted by atomic mass is 10.2. The third-order valence-corrected chi connectivity index (χ3v) is 2.64. The van der Waals surface area contributed by atoms with Crippen molar-refractivity contribution in [2.75, 3.05) is 5.32 Å². The van der Waals surface area contributed by atoms with Gasteiger partial charge in [-0.1, -0.05) is 15.9 Å². The lowest BCUT2D eigenvalue weighted by Gasteiger charge is -2.06. The van der Waals surface area contributed by atoms with Crippen molar-refractivity contribution in [1.29, 1.82) is 5.26 Å². The molecule has 2 rings (SSSR count). The quantitative estimate of drug-likeness (QED) is 0.923. The van der Waals surface area contributed by atoms with Crippen molar-refractivity contribution >= 4 is 27.5 Å². The van der Waals surface area contributed by atoms with Crippen molar-refractivity contribution in [3.05, 3.63) is 52.5 Å². The van der Waals surface area contributed by atoms with Crippen LogP contribution < -0.4 is 5.32 Å². The molecule has 5 nitrogen and oxygen atoms in total. The molecule has 1 heterocycles. The number of benzene rings is 1. The smallest absolute Gasteiger partial charge is 0.275 e. The van der Waals surface area contributed by atoms with E-state index in [1.54, 1.807) is 18.2 Å². The van der Waals surface area contributed by atoms with Crippen LogP contribution in [0.15, 0.2) is 41.3 Å². The Balaban J connectivity index is 2.28. The number of nitriles is 1. The van der Waals surface area contributed by atoms with Gasteiger partial charge in [-0.2, -0.15) is 5.26 Å². The van der Waals surface area contributed by atoms with E-state index in [0.29, 0.717) is 11.3 Å². The van der Waals surface area contributed by atoms with Gasteiger partial charge in [0, 0.05) is 16.9 Å². The van der Waals surface area contributed by atoms with Crippen molar-refractivity contribution in [3.8, 4) is 6.07 Å². The van der Waals surface area contributed by atoms with E-state index in [1.165, 1.54) is 18.6 Å². The zero-order valence-corrected chi connectivity index (χ0v) is 10.7. The normalized spacial score (nSPS) is 9.56. The summed E-state index contributed by atoms with van der Waals surface area (Å²) in [6, 6.07) is 7.02. The summed E-state index contributed by atoms with van der Waals surface area (Å²) in [5, 5.41) is 11.6. The minimum atomic E-state index is -0.405. The van der Waals surface area contributed by atoms with Crippen LogP contribution in [0, 0.1) is 11.3 Å². The minimum absolute atomic E-state index is 0.196. The van der Waals surface area contributed by atoms with Crippen molar-refractivity contribution in [2.45, 2.75) is 0 Å². The molecule has 1 amide bonds. The summed E-state index contributed by atoms with van der Waals surface area (Å²) in [7, 11) is 0. The van der Waals surface area contributed by atoms with E-state index >= 15 is 0 Å². The van der Waals surface area contributed by atoms with Crippen LogP contribution in [-0.2, 0) is 0 Å². The summed E-state index contributed by atoms with van der Waals surface area (Å²) < 4.78 is 0.774. The first-order chi connectivity index (χ1) is 8.70. The fraction of sp³-hybridized carbons (Fsp3) is 0. The van der Waals surface area contributed by atoms with Gasteiger partial charge in [0.05, 0.1) is 17.4 Å². The summed E-state index contributed by atoms with van der Waals surface area (Å²) in [6.07, 6.45) is 4.27. The van der Waals surface area contributed by atoms with Gasteiger partial charge in [-0.3, -0.25) is 9.78 Å². The van der Waals surface area contributed by atoms with E-state index in [1.807, 2.05) is 6.07 Å². The first kappa shape index (κ1) is 12.2. The van der Waals surface area contributed by atoms with Crippen LogP contribution in [0.25, 0.3) is 0 Å². The maximum Gasteiger partial charge on any atom is 0.275 e. The summed E-state index contributed by atoms with van der Waals surface area (Å²) in [5.41, 5.74) is 1.01. The van der Waals surface area contributed by atoms with Crippen LogP contribution >= 0.6 is 15.9 Å². The molecule has 0 saturated heterocycles. The molecule has 18 heavy (non-hydrogen) atoms. The molecule has 6 heteroatoms. The number of amides is 1. The Labute approximate surface area is 112 Å². The largest absolute Gasteiger partial charge is 0.319 e. The third-order valence-electron chi connectivity index (χ3n) is 2.15. The topological polar surface area (TPSA) is 78.7 Å². The van der Waals surface area contributed by atoms with Crippen LogP contribution in [0.2, 0.25) is 0 Å². The second kappa shape index (κ2) is 5.38. The molecule has 0 saturated carbocycles. The number of rotatable bonds is 2. The molecule has 0 unspecified atom stereocenters. The average molecular weight is 303 g/mol. The van der Waals surface area contributed by atoms with E-state index in [2.05, 4.69) is 31.2 Å². The van der Waals surface area contributed by atoms with Crippen LogP contribution in [0.5, 0.6) is 0 Å². The molecule has 0 radical (unpaired) electrons. The molecular weight excluding hydrogens is 296 g/mol. The van der Waals surface area contributed by atoms with E-state index in [-0.39, 0.29) is 5.69 Å². The molecule has 2 aromatic rings. The Morgan fingerprint density at radius 1 is 1.39 bits per heavy atom. The van der Waals surface area contributed by atoms with Gasteiger partial charge in [0.25, 0.3) is 5.91 Å². The maximum absolute atomic E-state index is 11.9.